The van der Waals surface area contributed by atoms with Crippen molar-refractivity contribution in [2.24, 2.45) is 0 Å². The molecular formula is C15H15N5O3. The zero-order valence-electron chi connectivity index (χ0n) is 12.4. The van der Waals surface area contributed by atoms with Gasteiger partial charge in [0.2, 0.25) is 0 Å². The number of carbonyl (C=O) groups is 1. The molecule has 0 unspecified atom stereocenters. The van der Waals surface area contributed by atoms with Crippen molar-refractivity contribution in [1.29, 1.82) is 0 Å². The second-order valence-corrected chi connectivity index (χ2v) is 4.80. The monoisotopic (exact) mass is 313 g/mol. The Morgan fingerprint density at radius 1 is 1.30 bits per heavy atom. The van der Waals surface area contributed by atoms with E-state index in [1.165, 1.54) is 12.4 Å². The molecule has 0 aliphatic rings. The molecule has 8 nitrogen and oxygen atoms in total. The number of nitrogens with zero attached hydrogens (tertiary/aromatic N) is 4. The number of fused-ring (bicyclic) bond motifs is 1. The van der Waals surface area contributed by atoms with Crippen molar-refractivity contribution in [1.82, 2.24) is 19.5 Å². The normalized spacial score (nSPS) is 10.8. The third-order valence-electron chi connectivity index (χ3n) is 3.35. The number of para-hydroxylation sites is 1. The number of carboxylic acid groups (broad SMARTS) is 1. The van der Waals surface area contributed by atoms with E-state index in [1.54, 1.807) is 31.6 Å². The molecular weight excluding hydrogens is 298 g/mol. The van der Waals surface area contributed by atoms with E-state index in [9.17, 15) is 9.90 Å². The number of imidazole rings is 1. The van der Waals surface area contributed by atoms with Crippen LogP contribution < -0.4 is 5.32 Å². The molecule has 0 fully saturated rings. The van der Waals surface area contributed by atoms with Crippen molar-refractivity contribution in [3.05, 3.63) is 42.5 Å². The molecule has 118 valence electrons. The standard InChI is InChI=1S/C15H15N5O3/c1-23-7-6-20-9-18-12-13(16-8-17-14(12)20)19-11-5-3-2-4-10(11)15(21)22/h2-5,8-9H,6-7H2,1H3,(H,21,22)(H,16,17,19). The van der Waals surface area contributed by atoms with Gasteiger partial charge in [-0.15, -0.1) is 0 Å². The Morgan fingerprint density at radius 3 is 2.91 bits per heavy atom. The van der Waals surface area contributed by atoms with E-state index in [4.69, 9.17) is 4.74 Å². The molecule has 23 heavy (non-hydrogen) atoms. The molecule has 0 radical (unpaired) electrons. The van der Waals surface area contributed by atoms with E-state index < -0.39 is 5.97 Å². The van der Waals surface area contributed by atoms with Crippen LogP contribution in [0.2, 0.25) is 0 Å². The van der Waals surface area contributed by atoms with Gasteiger partial charge in [-0.3, -0.25) is 0 Å². The number of aromatic nitrogens is 4. The van der Waals surface area contributed by atoms with Crippen LogP contribution >= 0.6 is 0 Å². The van der Waals surface area contributed by atoms with Gasteiger partial charge in [-0.05, 0) is 12.1 Å². The van der Waals surface area contributed by atoms with Crippen molar-refractivity contribution in [2.45, 2.75) is 6.54 Å². The molecule has 0 saturated heterocycles. The Kier molecular flexibility index (Phi) is 4.15. The zero-order chi connectivity index (χ0) is 16.2. The maximum atomic E-state index is 11.3. The maximum absolute atomic E-state index is 11.3. The van der Waals surface area contributed by atoms with Crippen LogP contribution in [0.3, 0.4) is 0 Å². The first-order valence-electron chi connectivity index (χ1n) is 6.95. The summed E-state index contributed by atoms with van der Waals surface area (Å²) in [5, 5.41) is 12.3. The summed E-state index contributed by atoms with van der Waals surface area (Å²) in [6.45, 7) is 1.16. The van der Waals surface area contributed by atoms with Crippen molar-refractivity contribution < 1.29 is 14.6 Å². The van der Waals surface area contributed by atoms with Crippen molar-refractivity contribution in [2.75, 3.05) is 19.0 Å². The van der Waals surface area contributed by atoms with Crippen LogP contribution in [0.1, 0.15) is 10.4 Å². The van der Waals surface area contributed by atoms with Crippen molar-refractivity contribution >= 4 is 28.6 Å². The number of anilines is 2. The van der Waals surface area contributed by atoms with Crippen LogP contribution in [-0.2, 0) is 11.3 Å². The number of nitrogens with one attached hydrogen (secondary N) is 1. The summed E-state index contributed by atoms with van der Waals surface area (Å²) in [4.78, 5) is 24.0. The Balaban J connectivity index is 1.98. The average Bonchev–Trinajstić information content (AvgIpc) is 2.97. The third-order valence-corrected chi connectivity index (χ3v) is 3.35. The highest BCUT2D eigenvalue weighted by molar-refractivity contribution is 5.96. The van der Waals surface area contributed by atoms with Crippen LogP contribution in [0, 0.1) is 0 Å². The number of methoxy groups -OCH3 is 1. The van der Waals surface area contributed by atoms with E-state index in [2.05, 4.69) is 20.3 Å². The number of hydrogen-bond donors (Lipinski definition) is 2. The lowest BCUT2D eigenvalue weighted by Crippen LogP contribution is -2.05. The second kappa shape index (κ2) is 6.41. The fraction of sp³-hybridized carbons (Fsp3) is 0.200. The molecule has 0 saturated carbocycles. The minimum Gasteiger partial charge on any atom is -0.478 e. The summed E-state index contributed by atoms with van der Waals surface area (Å²) in [5.41, 5.74) is 1.85. The van der Waals surface area contributed by atoms with Crippen molar-refractivity contribution in [3.63, 3.8) is 0 Å². The fourth-order valence-electron chi connectivity index (χ4n) is 2.23. The first kappa shape index (κ1) is 14.9. The molecule has 2 aromatic heterocycles. The highest BCUT2D eigenvalue weighted by Gasteiger charge is 2.14. The minimum absolute atomic E-state index is 0.165. The van der Waals surface area contributed by atoms with E-state index in [1.807, 2.05) is 4.57 Å². The van der Waals surface area contributed by atoms with Gasteiger partial charge in [-0.25, -0.2) is 19.7 Å². The van der Waals surface area contributed by atoms with Gasteiger partial charge in [-0.2, -0.15) is 0 Å². The Bertz CT molecular complexity index is 846. The van der Waals surface area contributed by atoms with E-state index in [0.717, 1.165) is 0 Å². The molecule has 0 aliphatic carbocycles. The zero-order valence-corrected chi connectivity index (χ0v) is 12.4. The largest absolute Gasteiger partial charge is 0.478 e. The van der Waals surface area contributed by atoms with E-state index in [-0.39, 0.29) is 5.56 Å². The molecule has 2 N–H and O–H groups in total. The summed E-state index contributed by atoms with van der Waals surface area (Å²) in [7, 11) is 1.63. The van der Waals surface area contributed by atoms with Gasteiger partial charge in [0, 0.05) is 13.7 Å². The SMILES string of the molecule is COCCn1cnc2c(Nc3ccccc3C(=O)O)ncnc21. The number of ether oxygens (including phenoxy) is 1. The first-order chi connectivity index (χ1) is 11.2. The van der Waals surface area contributed by atoms with Crippen LogP contribution in [0.25, 0.3) is 11.2 Å². The Morgan fingerprint density at radius 2 is 2.13 bits per heavy atom. The Hall–Kier alpha value is -3.00. The number of aromatic carboxylic acids is 1. The lowest BCUT2D eigenvalue weighted by atomic mass is 10.2. The van der Waals surface area contributed by atoms with Crippen LogP contribution in [-0.4, -0.2) is 44.3 Å². The maximum Gasteiger partial charge on any atom is 0.337 e. The predicted molar refractivity (Wildman–Crippen MR) is 83.9 cm³/mol. The Labute approximate surface area is 131 Å². The van der Waals surface area contributed by atoms with Crippen LogP contribution in [0.5, 0.6) is 0 Å². The van der Waals surface area contributed by atoms with Crippen molar-refractivity contribution in [3.8, 4) is 0 Å². The van der Waals surface area contributed by atoms with Crippen LogP contribution in [0.4, 0.5) is 11.5 Å². The third kappa shape index (κ3) is 2.97. The molecule has 1 aromatic carbocycles. The van der Waals surface area contributed by atoms with Gasteiger partial charge in [0.05, 0.1) is 24.2 Å². The first-order valence-corrected chi connectivity index (χ1v) is 6.95. The van der Waals surface area contributed by atoms with Gasteiger partial charge in [0.15, 0.2) is 17.0 Å². The smallest absolute Gasteiger partial charge is 0.337 e. The fourth-order valence-corrected chi connectivity index (χ4v) is 2.23. The van der Waals surface area contributed by atoms with E-state index in [0.29, 0.717) is 35.8 Å². The number of benzene rings is 1. The van der Waals surface area contributed by atoms with Gasteiger partial charge < -0.3 is 19.7 Å². The summed E-state index contributed by atoms with van der Waals surface area (Å²) < 4.78 is 6.92. The molecule has 0 bridgehead atoms. The molecule has 0 atom stereocenters. The number of carboxylic acids is 1. The highest BCUT2D eigenvalue weighted by Crippen LogP contribution is 2.24. The van der Waals surface area contributed by atoms with E-state index >= 15 is 0 Å². The second-order valence-electron chi connectivity index (χ2n) is 4.80. The molecule has 0 spiro atoms. The molecule has 3 aromatic rings. The van der Waals surface area contributed by atoms with Crippen LogP contribution in [0.15, 0.2) is 36.9 Å². The number of hydrogen-bond acceptors (Lipinski definition) is 6. The quantitative estimate of drug-likeness (QED) is 0.716. The highest BCUT2D eigenvalue weighted by atomic mass is 16.5. The molecule has 2 heterocycles. The molecule has 0 aliphatic heterocycles. The van der Waals surface area contributed by atoms with Gasteiger partial charge in [0.1, 0.15) is 6.33 Å². The lowest BCUT2D eigenvalue weighted by Gasteiger charge is -2.09. The summed E-state index contributed by atoms with van der Waals surface area (Å²) in [6, 6.07) is 6.63. The predicted octanol–water partition coefficient (Wildman–Crippen LogP) is 1.91. The molecule has 0 amide bonds. The topological polar surface area (TPSA) is 102 Å². The summed E-state index contributed by atoms with van der Waals surface area (Å²) in [6.07, 6.45) is 3.08. The minimum atomic E-state index is -1.01. The summed E-state index contributed by atoms with van der Waals surface area (Å²) in [5.74, 6) is -0.552. The van der Waals surface area contributed by atoms with Gasteiger partial charge in [0.25, 0.3) is 0 Å². The average molecular weight is 313 g/mol. The molecule has 3 rings (SSSR count). The van der Waals surface area contributed by atoms with Gasteiger partial charge >= 0.3 is 5.97 Å². The molecule has 8 heteroatoms. The van der Waals surface area contributed by atoms with Gasteiger partial charge in [-0.1, -0.05) is 12.1 Å². The number of rotatable bonds is 6. The lowest BCUT2D eigenvalue weighted by molar-refractivity contribution is 0.0698. The summed E-state index contributed by atoms with van der Waals surface area (Å²) >= 11 is 0.